The van der Waals surface area contributed by atoms with E-state index in [1.165, 1.54) is 11.8 Å². The average molecular weight is 311 g/mol. The highest BCUT2D eigenvalue weighted by Gasteiger charge is 2.03. The molecule has 1 rings (SSSR count). The first-order chi connectivity index (χ1) is 10.1. The van der Waals surface area contributed by atoms with Crippen molar-refractivity contribution in [1.29, 1.82) is 0 Å². The second kappa shape index (κ2) is 10.1. The fourth-order valence-electron chi connectivity index (χ4n) is 1.63. The fraction of sp³-hybridized carbons (Fsp3) is 0.467. The van der Waals surface area contributed by atoms with Gasteiger partial charge in [-0.05, 0) is 44.0 Å². The van der Waals surface area contributed by atoms with E-state index in [4.69, 9.17) is 9.84 Å². The number of aliphatic carboxylic acids is 1. The van der Waals surface area contributed by atoms with E-state index in [2.05, 4.69) is 5.32 Å². The van der Waals surface area contributed by atoms with Crippen LogP contribution in [0.25, 0.3) is 0 Å². The van der Waals surface area contributed by atoms with Crippen LogP contribution in [0.15, 0.2) is 29.2 Å². The van der Waals surface area contributed by atoms with Gasteiger partial charge in [-0.2, -0.15) is 0 Å². The number of carboxylic acid groups (broad SMARTS) is 1. The van der Waals surface area contributed by atoms with Crippen molar-refractivity contribution in [2.75, 3.05) is 18.9 Å². The van der Waals surface area contributed by atoms with E-state index in [0.29, 0.717) is 31.7 Å². The van der Waals surface area contributed by atoms with Crippen molar-refractivity contribution < 1.29 is 19.4 Å². The molecule has 0 fully saturated rings. The summed E-state index contributed by atoms with van der Waals surface area (Å²) in [5.74, 6) is 0.341. The van der Waals surface area contributed by atoms with Gasteiger partial charge in [-0.25, -0.2) is 0 Å². The standard InChI is InChI=1S/C15H21NO4S/c1-2-20-12-6-8-13(9-7-12)21-11-14(17)16-10-4-3-5-15(18)19/h6-9H,2-5,10-11H2,1H3,(H,16,17)(H,18,19). The van der Waals surface area contributed by atoms with Crippen LogP contribution in [0.4, 0.5) is 0 Å². The molecule has 0 aliphatic heterocycles. The van der Waals surface area contributed by atoms with Crippen molar-refractivity contribution in [3.05, 3.63) is 24.3 Å². The molecule has 0 saturated heterocycles. The molecule has 0 aromatic heterocycles. The maximum Gasteiger partial charge on any atom is 0.303 e. The molecule has 0 aliphatic rings. The van der Waals surface area contributed by atoms with E-state index in [-0.39, 0.29) is 12.3 Å². The lowest BCUT2D eigenvalue weighted by Gasteiger charge is -2.06. The summed E-state index contributed by atoms with van der Waals surface area (Å²) in [5, 5.41) is 11.3. The van der Waals surface area contributed by atoms with Crippen molar-refractivity contribution >= 4 is 23.6 Å². The molecule has 0 unspecified atom stereocenters. The van der Waals surface area contributed by atoms with Crippen LogP contribution in [-0.2, 0) is 9.59 Å². The second-order valence-corrected chi connectivity index (χ2v) is 5.44. The van der Waals surface area contributed by atoms with Crippen molar-refractivity contribution in [1.82, 2.24) is 5.32 Å². The first-order valence-corrected chi connectivity index (χ1v) is 7.94. The van der Waals surface area contributed by atoms with Crippen LogP contribution in [0.5, 0.6) is 5.75 Å². The summed E-state index contributed by atoms with van der Waals surface area (Å²) in [4.78, 5) is 22.9. The molecule has 0 aliphatic carbocycles. The molecule has 0 spiro atoms. The number of amides is 1. The Hall–Kier alpha value is -1.69. The Morgan fingerprint density at radius 1 is 1.24 bits per heavy atom. The Bertz CT molecular complexity index is 447. The van der Waals surface area contributed by atoms with Gasteiger partial charge in [0.15, 0.2) is 0 Å². The molecule has 5 nitrogen and oxygen atoms in total. The van der Waals surface area contributed by atoms with E-state index < -0.39 is 5.97 Å². The van der Waals surface area contributed by atoms with Gasteiger partial charge in [0.05, 0.1) is 12.4 Å². The molecule has 1 aromatic rings. The van der Waals surface area contributed by atoms with Crippen molar-refractivity contribution in [3.63, 3.8) is 0 Å². The fourth-order valence-corrected chi connectivity index (χ4v) is 2.36. The number of rotatable bonds is 10. The van der Waals surface area contributed by atoms with Gasteiger partial charge in [0.1, 0.15) is 5.75 Å². The van der Waals surface area contributed by atoms with Gasteiger partial charge in [-0.15, -0.1) is 11.8 Å². The van der Waals surface area contributed by atoms with E-state index in [0.717, 1.165) is 10.6 Å². The molecule has 116 valence electrons. The van der Waals surface area contributed by atoms with Crippen LogP contribution in [0.3, 0.4) is 0 Å². The number of carbonyl (C=O) groups is 2. The maximum atomic E-state index is 11.6. The van der Waals surface area contributed by atoms with Gasteiger partial charge in [-0.1, -0.05) is 0 Å². The number of carboxylic acids is 1. The summed E-state index contributed by atoms with van der Waals surface area (Å²) in [5.41, 5.74) is 0. The zero-order chi connectivity index (χ0) is 15.5. The van der Waals surface area contributed by atoms with E-state index in [1.54, 1.807) is 0 Å². The monoisotopic (exact) mass is 311 g/mol. The summed E-state index contributed by atoms with van der Waals surface area (Å²) in [6, 6.07) is 7.62. The van der Waals surface area contributed by atoms with Crippen LogP contribution < -0.4 is 10.1 Å². The minimum absolute atomic E-state index is 0.0378. The third kappa shape index (κ3) is 8.24. The second-order valence-electron chi connectivity index (χ2n) is 4.39. The Labute approximate surface area is 129 Å². The van der Waals surface area contributed by atoms with Crippen LogP contribution in [0.1, 0.15) is 26.2 Å². The molecule has 21 heavy (non-hydrogen) atoms. The number of benzene rings is 1. The summed E-state index contributed by atoms with van der Waals surface area (Å²) in [6.07, 6.45) is 1.42. The van der Waals surface area contributed by atoms with Crippen molar-refractivity contribution in [3.8, 4) is 5.75 Å². The smallest absolute Gasteiger partial charge is 0.303 e. The Morgan fingerprint density at radius 2 is 1.95 bits per heavy atom. The van der Waals surface area contributed by atoms with Gasteiger partial charge in [0, 0.05) is 17.9 Å². The zero-order valence-corrected chi connectivity index (χ0v) is 12.9. The molecule has 2 N–H and O–H groups in total. The molecule has 0 saturated carbocycles. The molecule has 1 aromatic carbocycles. The van der Waals surface area contributed by atoms with E-state index >= 15 is 0 Å². The first kappa shape index (κ1) is 17.4. The van der Waals surface area contributed by atoms with Crippen molar-refractivity contribution in [2.24, 2.45) is 0 Å². The lowest BCUT2D eigenvalue weighted by Crippen LogP contribution is -2.26. The van der Waals surface area contributed by atoms with Gasteiger partial charge in [-0.3, -0.25) is 9.59 Å². The SMILES string of the molecule is CCOc1ccc(SCC(=O)NCCCCC(=O)O)cc1. The molecule has 1 amide bonds. The Balaban J connectivity index is 2.16. The normalized spacial score (nSPS) is 10.1. The predicted molar refractivity (Wildman–Crippen MR) is 82.8 cm³/mol. The topological polar surface area (TPSA) is 75.6 Å². The molecular formula is C15H21NO4S. The highest BCUT2D eigenvalue weighted by molar-refractivity contribution is 8.00. The molecule has 0 bridgehead atoms. The summed E-state index contributed by atoms with van der Waals surface area (Å²) in [6.45, 7) is 3.09. The minimum Gasteiger partial charge on any atom is -0.494 e. The van der Waals surface area contributed by atoms with E-state index in [1.807, 2.05) is 31.2 Å². The Morgan fingerprint density at radius 3 is 2.57 bits per heavy atom. The summed E-state index contributed by atoms with van der Waals surface area (Å²) < 4.78 is 5.35. The average Bonchev–Trinajstić information content (AvgIpc) is 2.46. The molecule has 6 heteroatoms. The Kier molecular flexibility index (Phi) is 8.35. The zero-order valence-electron chi connectivity index (χ0n) is 12.1. The summed E-state index contributed by atoms with van der Waals surface area (Å²) >= 11 is 1.46. The highest BCUT2D eigenvalue weighted by Crippen LogP contribution is 2.21. The van der Waals surface area contributed by atoms with Gasteiger partial charge in [0.25, 0.3) is 0 Å². The lowest BCUT2D eigenvalue weighted by atomic mass is 10.2. The van der Waals surface area contributed by atoms with Gasteiger partial charge < -0.3 is 15.2 Å². The maximum absolute atomic E-state index is 11.6. The highest BCUT2D eigenvalue weighted by atomic mass is 32.2. The van der Waals surface area contributed by atoms with Crippen LogP contribution in [0.2, 0.25) is 0 Å². The van der Waals surface area contributed by atoms with Gasteiger partial charge in [0.2, 0.25) is 5.91 Å². The third-order valence-electron chi connectivity index (χ3n) is 2.64. The number of hydrogen-bond acceptors (Lipinski definition) is 4. The number of carbonyl (C=O) groups excluding carboxylic acids is 1. The third-order valence-corrected chi connectivity index (χ3v) is 3.66. The quantitative estimate of drug-likeness (QED) is 0.513. The number of nitrogens with one attached hydrogen (secondary N) is 1. The largest absolute Gasteiger partial charge is 0.494 e. The summed E-state index contributed by atoms with van der Waals surface area (Å²) in [7, 11) is 0. The number of hydrogen-bond donors (Lipinski definition) is 2. The number of ether oxygens (including phenoxy) is 1. The predicted octanol–water partition coefficient (Wildman–Crippen LogP) is 2.55. The molecular weight excluding hydrogens is 290 g/mol. The van der Waals surface area contributed by atoms with Crippen LogP contribution in [0, 0.1) is 0 Å². The van der Waals surface area contributed by atoms with Crippen LogP contribution in [-0.4, -0.2) is 35.9 Å². The van der Waals surface area contributed by atoms with Gasteiger partial charge >= 0.3 is 5.97 Å². The first-order valence-electron chi connectivity index (χ1n) is 6.96. The minimum atomic E-state index is -0.799. The lowest BCUT2D eigenvalue weighted by molar-refractivity contribution is -0.137. The number of thioether (sulfide) groups is 1. The van der Waals surface area contributed by atoms with Crippen molar-refractivity contribution in [2.45, 2.75) is 31.1 Å². The molecule has 0 radical (unpaired) electrons. The number of unbranched alkanes of at least 4 members (excludes halogenated alkanes) is 1. The molecule has 0 atom stereocenters. The molecule has 0 heterocycles. The van der Waals surface area contributed by atoms with E-state index in [9.17, 15) is 9.59 Å². The van der Waals surface area contributed by atoms with Crippen LogP contribution >= 0.6 is 11.8 Å².